The fourth-order valence-electron chi connectivity index (χ4n) is 1.92. The van der Waals surface area contributed by atoms with Crippen molar-refractivity contribution in [3.05, 3.63) is 11.1 Å². The van der Waals surface area contributed by atoms with Crippen molar-refractivity contribution in [2.24, 2.45) is 5.92 Å². The summed E-state index contributed by atoms with van der Waals surface area (Å²) in [6.45, 7) is 3.87. The topological polar surface area (TPSA) is 59.2 Å². The summed E-state index contributed by atoms with van der Waals surface area (Å²) in [6, 6.07) is 0. The molecule has 2 heterocycles. The van der Waals surface area contributed by atoms with E-state index < -0.39 is 0 Å². The Labute approximate surface area is 93.1 Å². The molecule has 15 heavy (non-hydrogen) atoms. The lowest BCUT2D eigenvalue weighted by Crippen LogP contribution is -2.39. The number of nitrogen functional groups attached to an aromatic ring is 1. The van der Waals surface area contributed by atoms with Gasteiger partial charge in [0.1, 0.15) is 5.69 Å². The van der Waals surface area contributed by atoms with E-state index in [0.717, 1.165) is 19.5 Å². The van der Waals surface area contributed by atoms with Crippen LogP contribution in [0.15, 0.2) is 5.38 Å². The molecule has 0 aromatic carbocycles. The maximum Gasteiger partial charge on any atom is 0.273 e. The number of thiazole rings is 1. The second-order valence-corrected chi connectivity index (χ2v) is 4.96. The molecule has 1 aliphatic heterocycles. The van der Waals surface area contributed by atoms with E-state index in [1.807, 2.05) is 4.90 Å². The molecule has 1 atom stereocenters. The van der Waals surface area contributed by atoms with Crippen LogP contribution in [0.2, 0.25) is 0 Å². The minimum Gasteiger partial charge on any atom is -0.375 e. The molecule has 1 aliphatic rings. The monoisotopic (exact) mass is 225 g/mol. The third kappa shape index (κ3) is 2.28. The molecule has 1 unspecified atom stereocenters. The van der Waals surface area contributed by atoms with E-state index in [1.165, 1.54) is 17.8 Å². The normalized spacial score (nSPS) is 21.7. The van der Waals surface area contributed by atoms with Crippen LogP contribution in [0.25, 0.3) is 0 Å². The van der Waals surface area contributed by atoms with E-state index in [9.17, 15) is 4.79 Å². The molecule has 82 valence electrons. The van der Waals surface area contributed by atoms with Gasteiger partial charge in [0.2, 0.25) is 0 Å². The van der Waals surface area contributed by atoms with Gasteiger partial charge in [-0.15, -0.1) is 11.3 Å². The molecule has 1 fully saturated rings. The van der Waals surface area contributed by atoms with E-state index in [4.69, 9.17) is 5.73 Å². The number of nitrogens with zero attached hydrogens (tertiary/aromatic N) is 2. The number of hydrogen-bond acceptors (Lipinski definition) is 4. The van der Waals surface area contributed by atoms with E-state index in [-0.39, 0.29) is 5.91 Å². The Balaban J connectivity index is 2.07. The number of nitrogens with two attached hydrogens (primary N) is 1. The van der Waals surface area contributed by atoms with Crippen molar-refractivity contribution in [2.45, 2.75) is 19.8 Å². The Kier molecular flexibility index (Phi) is 2.90. The summed E-state index contributed by atoms with van der Waals surface area (Å²) in [4.78, 5) is 17.9. The maximum absolute atomic E-state index is 12.0. The molecular weight excluding hydrogens is 210 g/mol. The van der Waals surface area contributed by atoms with Gasteiger partial charge >= 0.3 is 0 Å². The number of anilines is 1. The second-order valence-electron chi connectivity index (χ2n) is 4.07. The summed E-state index contributed by atoms with van der Waals surface area (Å²) < 4.78 is 0. The van der Waals surface area contributed by atoms with Crippen LogP contribution in [0.1, 0.15) is 30.3 Å². The average molecular weight is 225 g/mol. The van der Waals surface area contributed by atoms with E-state index in [0.29, 0.717) is 16.7 Å². The molecule has 0 radical (unpaired) electrons. The molecule has 1 aromatic rings. The highest BCUT2D eigenvalue weighted by Gasteiger charge is 2.23. The largest absolute Gasteiger partial charge is 0.375 e. The highest BCUT2D eigenvalue weighted by molar-refractivity contribution is 7.13. The third-order valence-corrected chi connectivity index (χ3v) is 3.36. The summed E-state index contributed by atoms with van der Waals surface area (Å²) in [7, 11) is 0. The Morgan fingerprint density at radius 1 is 1.73 bits per heavy atom. The van der Waals surface area contributed by atoms with Crippen LogP contribution in [0.4, 0.5) is 5.13 Å². The molecule has 2 N–H and O–H groups in total. The lowest BCUT2D eigenvalue weighted by Gasteiger charge is -2.30. The number of aromatic nitrogens is 1. The molecular formula is C10H15N3OS. The van der Waals surface area contributed by atoms with Crippen LogP contribution in [0, 0.1) is 5.92 Å². The van der Waals surface area contributed by atoms with Crippen molar-refractivity contribution in [1.29, 1.82) is 0 Å². The number of amides is 1. The molecule has 0 spiro atoms. The first kappa shape index (κ1) is 10.4. The van der Waals surface area contributed by atoms with Crippen molar-refractivity contribution < 1.29 is 4.79 Å². The van der Waals surface area contributed by atoms with Crippen molar-refractivity contribution in [3.63, 3.8) is 0 Å². The van der Waals surface area contributed by atoms with Gasteiger partial charge in [0, 0.05) is 18.5 Å². The summed E-state index contributed by atoms with van der Waals surface area (Å²) >= 11 is 1.32. The van der Waals surface area contributed by atoms with Crippen LogP contribution in [-0.4, -0.2) is 28.9 Å². The Morgan fingerprint density at radius 3 is 3.13 bits per heavy atom. The summed E-state index contributed by atoms with van der Waals surface area (Å²) in [5, 5.41) is 2.19. The smallest absolute Gasteiger partial charge is 0.273 e. The highest BCUT2D eigenvalue weighted by atomic mass is 32.1. The van der Waals surface area contributed by atoms with Crippen LogP contribution < -0.4 is 5.73 Å². The van der Waals surface area contributed by atoms with Crippen molar-refractivity contribution in [2.75, 3.05) is 18.8 Å². The first-order valence-electron chi connectivity index (χ1n) is 5.17. The van der Waals surface area contributed by atoms with E-state index in [2.05, 4.69) is 11.9 Å². The SMILES string of the molecule is CC1CCCN(C(=O)c2csc(N)n2)C1. The standard InChI is InChI=1S/C10H15N3OS/c1-7-3-2-4-13(5-7)9(14)8-6-15-10(11)12-8/h6-7H,2-5H2,1H3,(H2,11,12). The lowest BCUT2D eigenvalue weighted by molar-refractivity contribution is 0.0678. The fourth-order valence-corrected chi connectivity index (χ4v) is 2.46. The zero-order valence-corrected chi connectivity index (χ0v) is 9.59. The van der Waals surface area contributed by atoms with Crippen molar-refractivity contribution >= 4 is 22.4 Å². The molecule has 1 aromatic heterocycles. The van der Waals surface area contributed by atoms with Crippen molar-refractivity contribution in [1.82, 2.24) is 9.88 Å². The van der Waals surface area contributed by atoms with Gasteiger partial charge in [0.05, 0.1) is 0 Å². The van der Waals surface area contributed by atoms with Gasteiger partial charge in [0.15, 0.2) is 5.13 Å². The Morgan fingerprint density at radius 2 is 2.53 bits per heavy atom. The van der Waals surface area contributed by atoms with Gasteiger partial charge in [-0.25, -0.2) is 4.98 Å². The molecule has 5 heteroatoms. The molecule has 1 amide bonds. The molecule has 4 nitrogen and oxygen atoms in total. The van der Waals surface area contributed by atoms with Crippen LogP contribution >= 0.6 is 11.3 Å². The predicted molar refractivity (Wildman–Crippen MR) is 60.8 cm³/mol. The summed E-state index contributed by atoms with van der Waals surface area (Å²) in [6.07, 6.45) is 2.30. The maximum atomic E-state index is 12.0. The molecule has 0 bridgehead atoms. The van der Waals surface area contributed by atoms with Gasteiger partial charge in [-0.2, -0.15) is 0 Å². The molecule has 0 saturated carbocycles. The molecule has 2 rings (SSSR count). The number of carbonyl (C=O) groups is 1. The lowest BCUT2D eigenvalue weighted by atomic mass is 10.0. The van der Waals surface area contributed by atoms with Gasteiger partial charge in [-0.1, -0.05) is 6.92 Å². The predicted octanol–water partition coefficient (Wildman–Crippen LogP) is 1.60. The summed E-state index contributed by atoms with van der Waals surface area (Å²) in [5.41, 5.74) is 6.00. The number of likely N-dealkylation sites (tertiary alicyclic amines) is 1. The Bertz CT molecular complexity index is 363. The van der Waals surface area contributed by atoms with E-state index >= 15 is 0 Å². The fraction of sp³-hybridized carbons (Fsp3) is 0.600. The number of carbonyl (C=O) groups excluding carboxylic acids is 1. The zero-order chi connectivity index (χ0) is 10.8. The van der Waals surface area contributed by atoms with Crippen LogP contribution in [0.3, 0.4) is 0 Å². The number of piperidine rings is 1. The van der Waals surface area contributed by atoms with Gasteiger partial charge < -0.3 is 10.6 Å². The first-order valence-corrected chi connectivity index (χ1v) is 6.05. The minimum atomic E-state index is 0.0227. The minimum absolute atomic E-state index is 0.0227. The molecule has 0 aliphatic carbocycles. The third-order valence-electron chi connectivity index (χ3n) is 2.69. The average Bonchev–Trinajstić information content (AvgIpc) is 2.64. The number of hydrogen-bond donors (Lipinski definition) is 1. The quantitative estimate of drug-likeness (QED) is 0.789. The van der Waals surface area contributed by atoms with Crippen molar-refractivity contribution in [3.8, 4) is 0 Å². The van der Waals surface area contributed by atoms with Crippen LogP contribution in [0.5, 0.6) is 0 Å². The summed E-state index contributed by atoms with van der Waals surface area (Å²) in [5.74, 6) is 0.619. The van der Waals surface area contributed by atoms with Gasteiger partial charge in [0.25, 0.3) is 5.91 Å². The van der Waals surface area contributed by atoms with Gasteiger partial charge in [-0.05, 0) is 18.8 Å². The van der Waals surface area contributed by atoms with E-state index in [1.54, 1.807) is 5.38 Å². The zero-order valence-electron chi connectivity index (χ0n) is 8.77. The van der Waals surface area contributed by atoms with Gasteiger partial charge in [-0.3, -0.25) is 4.79 Å². The Hall–Kier alpha value is -1.10. The highest BCUT2D eigenvalue weighted by Crippen LogP contribution is 2.19. The van der Waals surface area contributed by atoms with Crippen LogP contribution in [-0.2, 0) is 0 Å². The number of rotatable bonds is 1. The first-order chi connectivity index (χ1) is 7.16. The molecule has 1 saturated heterocycles. The second kappa shape index (κ2) is 4.18.